The Labute approximate surface area is 280 Å². The molecule has 0 fully saturated rings. The third kappa shape index (κ3) is 32.6. The maximum atomic E-state index is 12.7. The van der Waals surface area contributed by atoms with Crippen LogP contribution in [0.4, 0.5) is 0 Å². The first-order valence-electron chi connectivity index (χ1n) is 19.8. The number of hydrogen-bond acceptors (Lipinski definition) is 6. The van der Waals surface area contributed by atoms with Gasteiger partial charge in [-0.2, -0.15) is 0 Å². The Morgan fingerprint density at radius 3 is 1.47 bits per heavy atom. The number of ether oxygens (including phenoxy) is 2. The molecule has 0 unspecified atom stereocenters. The molecule has 0 spiro atoms. The van der Waals surface area contributed by atoms with Gasteiger partial charge in [0.15, 0.2) is 0 Å². The quantitative estimate of drug-likeness (QED) is 0.0543. The number of aliphatic hydroxyl groups excluding tert-OH is 1. The van der Waals surface area contributed by atoms with Crippen LogP contribution in [-0.4, -0.2) is 60.9 Å². The SMILES string of the molecule is CCCCCCCCC(CCCCCCCC)OC(=O)CCCCCN(CCO)CCCCCCC(=O)OCCCCCCC. The molecule has 0 radical (unpaired) electrons. The summed E-state index contributed by atoms with van der Waals surface area (Å²) < 4.78 is 11.4. The Kier molecular flexibility index (Phi) is 34.8. The lowest BCUT2D eigenvalue weighted by Gasteiger charge is -2.21. The van der Waals surface area contributed by atoms with Crippen molar-refractivity contribution >= 4 is 11.9 Å². The lowest BCUT2D eigenvalue weighted by atomic mass is 10.0. The molecule has 1 N–H and O–H groups in total. The summed E-state index contributed by atoms with van der Waals surface area (Å²) >= 11 is 0. The normalized spacial score (nSPS) is 11.5. The first-order chi connectivity index (χ1) is 22.1. The van der Waals surface area contributed by atoms with E-state index < -0.39 is 0 Å². The van der Waals surface area contributed by atoms with Gasteiger partial charge in [0.05, 0.1) is 13.2 Å². The van der Waals surface area contributed by atoms with Crippen molar-refractivity contribution in [2.24, 2.45) is 0 Å². The van der Waals surface area contributed by atoms with Gasteiger partial charge in [0.2, 0.25) is 0 Å². The number of esters is 2. The van der Waals surface area contributed by atoms with Crippen LogP contribution in [0.3, 0.4) is 0 Å². The van der Waals surface area contributed by atoms with Crippen LogP contribution < -0.4 is 0 Å². The fourth-order valence-corrected chi connectivity index (χ4v) is 5.99. The third-order valence-corrected chi connectivity index (χ3v) is 8.95. The van der Waals surface area contributed by atoms with Crippen molar-refractivity contribution in [3.63, 3.8) is 0 Å². The van der Waals surface area contributed by atoms with Gasteiger partial charge < -0.3 is 19.5 Å². The van der Waals surface area contributed by atoms with Crippen molar-refractivity contribution < 1.29 is 24.2 Å². The van der Waals surface area contributed by atoms with Crippen LogP contribution in [0, 0.1) is 0 Å². The monoisotopic (exact) mass is 640 g/mol. The van der Waals surface area contributed by atoms with Gasteiger partial charge in [0, 0.05) is 19.4 Å². The Hall–Kier alpha value is -1.14. The number of aliphatic hydroxyl groups is 1. The molecule has 0 aliphatic carbocycles. The summed E-state index contributed by atoms with van der Waals surface area (Å²) in [6, 6.07) is 0. The molecule has 268 valence electrons. The topological polar surface area (TPSA) is 76.1 Å². The van der Waals surface area contributed by atoms with Crippen LogP contribution in [0.25, 0.3) is 0 Å². The molecule has 0 aliphatic heterocycles. The highest BCUT2D eigenvalue weighted by atomic mass is 16.5. The maximum Gasteiger partial charge on any atom is 0.306 e. The molecule has 0 aliphatic rings. The van der Waals surface area contributed by atoms with E-state index >= 15 is 0 Å². The Balaban J connectivity index is 4.08. The molecule has 0 aromatic rings. The molecule has 6 heteroatoms. The van der Waals surface area contributed by atoms with E-state index in [0.717, 1.165) is 83.7 Å². The van der Waals surface area contributed by atoms with E-state index in [1.54, 1.807) is 0 Å². The Morgan fingerprint density at radius 1 is 0.511 bits per heavy atom. The fourth-order valence-electron chi connectivity index (χ4n) is 5.99. The summed E-state index contributed by atoms with van der Waals surface area (Å²) in [6.07, 6.45) is 31.4. The highest BCUT2D eigenvalue weighted by molar-refractivity contribution is 5.69. The van der Waals surface area contributed by atoms with Crippen molar-refractivity contribution in [1.82, 2.24) is 4.90 Å². The number of unbranched alkanes of at least 4 members (excludes halogenated alkanes) is 19. The zero-order valence-electron chi connectivity index (χ0n) is 30.4. The van der Waals surface area contributed by atoms with Gasteiger partial charge in [-0.05, 0) is 70.9 Å². The molecule has 6 nitrogen and oxygen atoms in total. The summed E-state index contributed by atoms with van der Waals surface area (Å²) in [5, 5.41) is 9.51. The number of rotatable bonds is 36. The molecule has 0 rings (SSSR count). The highest BCUT2D eigenvalue weighted by Crippen LogP contribution is 2.18. The van der Waals surface area contributed by atoms with Crippen LogP contribution >= 0.6 is 0 Å². The lowest BCUT2D eigenvalue weighted by Crippen LogP contribution is -2.29. The van der Waals surface area contributed by atoms with E-state index in [1.807, 2.05) is 0 Å². The minimum absolute atomic E-state index is 0.0139. The zero-order chi connectivity index (χ0) is 33.1. The van der Waals surface area contributed by atoms with Crippen LogP contribution in [0.2, 0.25) is 0 Å². The summed E-state index contributed by atoms with van der Waals surface area (Å²) in [7, 11) is 0. The van der Waals surface area contributed by atoms with Gasteiger partial charge in [-0.3, -0.25) is 9.59 Å². The molecule has 0 atom stereocenters. The van der Waals surface area contributed by atoms with Crippen LogP contribution in [0.15, 0.2) is 0 Å². The number of hydrogen-bond donors (Lipinski definition) is 1. The van der Waals surface area contributed by atoms with Gasteiger partial charge in [-0.15, -0.1) is 0 Å². The van der Waals surface area contributed by atoms with E-state index in [1.165, 1.54) is 96.3 Å². The second kappa shape index (κ2) is 35.7. The standard InChI is InChI=1S/C39H77NO5/c1-4-7-10-13-15-21-28-37(29-22-16-14-11-8-5-2)45-39(43)31-24-20-26-33-40(34-35-41)32-25-18-17-23-30-38(42)44-36-27-19-12-9-6-3/h37,41H,4-36H2,1-3H3. The highest BCUT2D eigenvalue weighted by Gasteiger charge is 2.14. The molecule has 0 saturated heterocycles. The number of carbonyl (C=O) groups is 2. The second-order valence-corrected chi connectivity index (χ2v) is 13.4. The van der Waals surface area contributed by atoms with E-state index in [2.05, 4.69) is 25.7 Å². The molecular formula is C39H77NO5. The van der Waals surface area contributed by atoms with E-state index in [4.69, 9.17) is 9.47 Å². The van der Waals surface area contributed by atoms with Gasteiger partial charge in [0.25, 0.3) is 0 Å². The largest absolute Gasteiger partial charge is 0.466 e. The molecule has 45 heavy (non-hydrogen) atoms. The minimum atomic E-state index is -0.0533. The van der Waals surface area contributed by atoms with Gasteiger partial charge in [0.1, 0.15) is 6.10 Å². The fraction of sp³-hybridized carbons (Fsp3) is 0.949. The third-order valence-electron chi connectivity index (χ3n) is 8.95. The summed E-state index contributed by atoms with van der Waals surface area (Å²) in [5.41, 5.74) is 0. The predicted octanol–water partition coefficient (Wildman–Crippen LogP) is 10.7. The van der Waals surface area contributed by atoms with Crippen molar-refractivity contribution in [3.05, 3.63) is 0 Å². The second-order valence-electron chi connectivity index (χ2n) is 13.4. The molecule has 0 amide bonds. The predicted molar refractivity (Wildman–Crippen MR) is 191 cm³/mol. The van der Waals surface area contributed by atoms with E-state index in [-0.39, 0.29) is 24.6 Å². The summed E-state index contributed by atoms with van der Waals surface area (Å²) in [4.78, 5) is 26.9. The Morgan fingerprint density at radius 2 is 0.933 bits per heavy atom. The molecule has 0 aromatic heterocycles. The first kappa shape index (κ1) is 43.9. The van der Waals surface area contributed by atoms with Crippen molar-refractivity contribution in [3.8, 4) is 0 Å². The molecule has 0 heterocycles. The van der Waals surface area contributed by atoms with E-state index in [9.17, 15) is 14.7 Å². The van der Waals surface area contributed by atoms with Crippen LogP contribution in [0.5, 0.6) is 0 Å². The Bertz CT molecular complexity index is 613. The molecule has 0 saturated carbocycles. The van der Waals surface area contributed by atoms with E-state index in [0.29, 0.717) is 26.0 Å². The van der Waals surface area contributed by atoms with Crippen molar-refractivity contribution in [2.75, 3.05) is 32.8 Å². The number of nitrogens with zero attached hydrogens (tertiary/aromatic N) is 1. The van der Waals surface area contributed by atoms with Gasteiger partial charge in [-0.25, -0.2) is 0 Å². The minimum Gasteiger partial charge on any atom is -0.466 e. The molecule has 0 aromatic carbocycles. The average molecular weight is 640 g/mol. The van der Waals surface area contributed by atoms with Crippen molar-refractivity contribution in [1.29, 1.82) is 0 Å². The molecular weight excluding hydrogens is 562 g/mol. The van der Waals surface area contributed by atoms with Crippen LogP contribution in [-0.2, 0) is 19.1 Å². The smallest absolute Gasteiger partial charge is 0.306 e. The average Bonchev–Trinajstić information content (AvgIpc) is 3.03. The number of carbonyl (C=O) groups excluding carboxylic acids is 2. The van der Waals surface area contributed by atoms with Crippen molar-refractivity contribution in [2.45, 2.75) is 207 Å². The zero-order valence-corrected chi connectivity index (χ0v) is 30.4. The lowest BCUT2D eigenvalue weighted by molar-refractivity contribution is -0.150. The molecule has 0 bridgehead atoms. The summed E-state index contributed by atoms with van der Waals surface area (Å²) in [6.45, 7) is 10.1. The first-order valence-corrected chi connectivity index (χ1v) is 19.8. The van der Waals surface area contributed by atoms with Gasteiger partial charge >= 0.3 is 11.9 Å². The van der Waals surface area contributed by atoms with Crippen LogP contribution in [0.1, 0.15) is 201 Å². The maximum absolute atomic E-state index is 12.7. The van der Waals surface area contributed by atoms with Gasteiger partial charge in [-0.1, -0.05) is 130 Å². The summed E-state index contributed by atoms with van der Waals surface area (Å²) in [5.74, 6) is -0.0672.